The number of esters is 1. The van der Waals surface area contributed by atoms with Crippen molar-refractivity contribution in [2.75, 3.05) is 0 Å². The van der Waals surface area contributed by atoms with Gasteiger partial charge in [-0.05, 0) is 52.3 Å². The third-order valence-electron chi connectivity index (χ3n) is 3.84. The molecule has 0 aliphatic carbocycles. The van der Waals surface area contributed by atoms with Crippen molar-refractivity contribution in [2.24, 2.45) is 5.10 Å². The molecule has 0 spiro atoms. The number of rotatable bonds is 6. The molecule has 9 nitrogen and oxygen atoms in total. The second-order valence-corrected chi connectivity index (χ2v) is 7.71. The smallest absolute Gasteiger partial charge is 0.343 e. The van der Waals surface area contributed by atoms with Gasteiger partial charge in [-0.15, -0.1) is 0 Å². The van der Waals surface area contributed by atoms with Crippen molar-refractivity contribution in [1.29, 1.82) is 0 Å². The fourth-order valence-electron chi connectivity index (χ4n) is 2.37. The van der Waals surface area contributed by atoms with E-state index in [2.05, 4.69) is 47.4 Å². The van der Waals surface area contributed by atoms with E-state index in [1.807, 2.05) is 0 Å². The summed E-state index contributed by atoms with van der Waals surface area (Å²) in [6, 6.07) is 12.0. The van der Waals surface area contributed by atoms with Crippen LogP contribution in [-0.2, 0) is 0 Å². The van der Waals surface area contributed by atoms with E-state index in [1.165, 1.54) is 24.5 Å². The number of hydrazone groups is 1. The lowest BCUT2D eigenvalue weighted by Crippen LogP contribution is -2.18. The van der Waals surface area contributed by atoms with Gasteiger partial charge in [-0.1, -0.05) is 15.9 Å². The van der Waals surface area contributed by atoms with Crippen LogP contribution in [0.4, 0.5) is 5.69 Å². The molecule has 1 N–H and O–H groups in total. The van der Waals surface area contributed by atoms with Crippen LogP contribution in [0.25, 0.3) is 0 Å². The molecular weight excluding hydrogens is 536 g/mol. The van der Waals surface area contributed by atoms with Crippen molar-refractivity contribution in [3.63, 3.8) is 0 Å². The number of hydrogen-bond donors (Lipinski definition) is 1. The van der Waals surface area contributed by atoms with Gasteiger partial charge in [-0.2, -0.15) is 5.10 Å². The maximum atomic E-state index is 12.5. The van der Waals surface area contributed by atoms with Gasteiger partial charge in [0.25, 0.3) is 11.6 Å². The highest BCUT2D eigenvalue weighted by Gasteiger charge is 2.19. The van der Waals surface area contributed by atoms with Crippen LogP contribution < -0.4 is 10.2 Å². The highest BCUT2D eigenvalue weighted by atomic mass is 79.9. The summed E-state index contributed by atoms with van der Waals surface area (Å²) in [5, 5.41) is 15.0. The Morgan fingerprint density at radius 3 is 2.52 bits per heavy atom. The number of aromatic nitrogens is 1. The Morgan fingerprint density at radius 2 is 1.87 bits per heavy atom. The van der Waals surface area contributed by atoms with Gasteiger partial charge in [0.2, 0.25) is 0 Å². The molecule has 1 amide bonds. The van der Waals surface area contributed by atoms with Crippen LogP contribution in [0.1, 0.15) is 26.3 Å². The normalized spacial score (nSPS) is 10.6. The monoisotopic (exact) mass is 546 g/mol. The summed E-state index contributed by atoms with van der Waals surface area (Å²) < 4.78 is 6.40. The molecule has 0 fully saturated rings. The van der Waals surface area contributed by atoms with E-state index in [1.54, 1.807) is 36.4 Å². The molecule has 156 valence electrons. The number of non-ortho nitro benzene ring substituents is 1. The first-order valence-corrected chi connectivity index (χ1v) is 10.1. The molecule has 0 aliphatic heterocycles. The number of hydrogen-bond acceptors (Lipinski definition) is 7. The Labute approximate surface area is 192 Å². The SMILES string of the molecule is O=C(NN=Cc1cc([N+](=O)[O-])cc(Br)c1OC(=O)c1ccc(Br)cc1)c1cccnc1. The number of nitro benzene ring substituents is 1. The van der Waals surface area contributed by atoms with Crippen LogP contribution >= 0.6 is 31.9 Å². The Morgan fingerprint density at radius 1 is 1.13 bits per heavy atom. The van der Waals surface area contributed by atoms with E-state index in [4.69, 9.17) is 4.74 Å². The van der Waals surface area contributed by atoms with Crippen LogP contribution in [0.5, 0.6) is 5.75 Å². The van der Waals surface area contributed by atoms with Crippen molar-refractivity contribution in [2.45, 2.75) is 0 Å². The molecule has 3 aromatic rings. The lowest BCUT2D eigenvalue weighted by Gasteiger charge is -2.10. The Balaban J connectivity index is 1.88. The molecule has 11 heteroatoms. The minimum Gasteiger partial charge on any atom is -0.421 e. The van der Waals surface area contributed by atoms with Crippen molar-refractivity contribution in [1.82, 2.24) is 10.4 Å². The zero-order valence-electron chi connectivity index (χ0n) is 15.5. The van der Waals surface area contributed by atoms with Crippen molar-refractivity contribution in [3.05, 3.63) is 96.7 Å². The minimum atomic E-state index is -0.670. The highest BCUT2D eigenvalue weighted by molar-refractivity contribution is 9.10. The summed E-state index contributed by atoms with van der Waals surface area (Å²) in [5.74, 6) is -1.18. The quantitative estimate of drug-likeness (QED) is 0.159. The summed E-state index contributed by atoms with van der Waals surface area (Å²) >= 11 is 6.47. The lowest BCUT2D eigenvalue weighted by atomic mass is 10.2. The van der Waals surface area contributed by atoms with Crippen LogP contribution in [0.15, 0.2) is 75.0 Å². The maximum Gasteiger partial charge on any atom is 0.343 e. The molecule has 0 atom stereocenters. The van der Waals surface area contributed by atoms with Crippen LogP contribution in [0.2, 0.25) is 0 Å². The number of amides is 1. The van der Waals surface area contributed by atoms with E-state index in [0.717, 1.165) is 10.7 Å². The summed E-state index contributed by atoms with van der Waals surface area (Å²) in [7, 11) is 0. The number of carbonyl (C=O) groups excluding carboxylic acids is 2. The Hall–Kier alpha value is -3.44. The molecule has 0 saturated heterocycles. The zero-order valence-corrected chi connectivity index (χ0v) is 18.7. The van der Waals surface area contributed by atoms with Gasteiger partial charge < -0.3 is 4.74 Å². The van der Waals surface area contributed by atoms with Crippen LogP contribution in [-0.4, -0.2) is 28.0 Å². The third kappa shape index (κ3) is 5.80. The summed E-state index contributed by atoms with van der Waals surface area (Å²) in [4.78, 5) is 39.0. The summed E-state index contributed by atoms with van der Waals surface area (Å²) in [5.41, 5.74) is 2.71. The van der Waals surface area contributed by atoms with Crippen molar-refractivity contribution >= 4 is 55.6 Å². The van der Waals surface area contributed by atoms with Gasteiger partial charge >= 0.3 is 5.97 Å². The molecular formula is C20H12Br2N4O5. The van der Waals surface area contributed by atoms with E-state index in [0.29, 0.717) is 0 Å². The average Bonchev–Trinajstić information content (AvgIpc) is 2.76. The molecule has 1 aromatic heterocycles. The predicted molar refractivity (Wildman–Crippen MR) is 119 cm³/mol. The molecule has 0 unspecified atom stereocenters. The number of benzene rings is 2. The first-order valence-electron chi connectivity index (χ1n) is 8.54. The average molecular weight is 548 g/mol. The number of halogens is 2. The molecule has 3 rings (SSSR count). The zero-order chi connectivity index (χ0) is 22.4. The molecule has 2 aromatic carbocycles. The number of nitro groups is 1. The second kappa shape index (κ2) is 10.0. The topological polar surface area (TPSA) is 124 Å². The Bertz CT molecular complexity index is 1170. The van der Waals surface area contributed by atoms with Gasteiger partial charge in [-0.25, -0.2) is 10.2 Å². The number of pyridine rings is 1. The molecule has 0 saturated carbocycles. The van der Waals surface area contributed by atoms with E-state index < -0.39 is 16.8 Å². The molecule has 0 radical (unpaired) electrons. The number of nitrogens with one attached hydrogen (secondary N) is 1. The van der Waals surface area contributed by atoms with Gasteiger partial charge in [0.05, 0.1) is 26.7 Å². The fraction of sp³-hybridized carbons (Fsp3) is 0. The van der Waals surface area contributed by atoms with Crippen LogP contribution in [0, 0.1) is 10.1 Å². The first-order chi connectivity index (χ1) is 14.8. The highest BCUT2D eigenvalue weighted by Crippen LogP contribution is 2.33. The number of carbonyl (C=O) groups is 2. The lowest BCUT2D eigenvalue weighted by molar-refractivity contribution is -0.385. The summed E-state index contributed by atoms with van der Waals surface area (Å²) in [6.07, 6.45) is 4.03. The number of nitrogens with zero attached hydrogens (tertiary/aromatic N) is 3. The summed E-state index contributed by atoms with van der Waals surface area (Å²) in [6.45, 7) is 0. The van der Waals surface area contributed by atoms with Crippen molar-refractivity contribution < 1.29 is 19.2 Å². The number of ether oxygens (including phenoxy) is 1. The van der Waals surface area contributed by atoms with Crippen molar-refractivity contribution in [3.8, 4) is 5.75 Å². The predicted octanol–water partition coefficient (Wildman–Crippen LogP) is 4.50. The van der Waals surface area contributed by atoms with Gasteiger partial charge in [0, 0.05) is 34.6 Å². The molecule has 0 aliphatic rings. The van der Waals surface area contributed by atoms with E-state index in [9.17, 15) is 19.7 Å². The van der Waals surface area contributed by atoms with Gasteiger partial charge in [0.1, 0.15) is 0 Å². The van der Waals surface area contributed by atoms with Gasteiger partial charge in [-0.3, -0.25) is 19.9 Å². The molecule has 0 bridgehead atoms. The minimum absolute atomic E-state index is 0.0119. The first kappa shape index (κ1) is 22.2. The Kier molecular flexibility index (Phi) is 7.21. The second-order valence-electron chi connectivity index (χ2n) is 5.94. The maximum absolute atomic E-state index is 12.5. The third-order valence-corrected chi connectivity index (χ3v) is 4.95. The van der Waals surface area contributed by atoms with E-state index >= 15 is 0 Å². The van der Waals surface area contributed by atoms with Gasteiger partial charge in [0.15, 0.2) is 5.75 Å². The van der Waals surface area contributed by atoms with E-state index in [-0.39, 0.29) is 32.6 Å². The standard InChI is InChI=1S/C20H12Br2N4O5/c21-15-5-3-12(4-6-15)20(28)31-18-14(8-16(26(29)30)9-17(18)22)11-24-25-19(27)13-2-1-7-23-10-13/h1-11H,(H,25,27). The fourth-order valence-corrected chi connectivity index (χ4v) is 3.18. The largest absolute Gasteiger partial charge is 0.421 e. The molecule has 31 heavy (non-hydrogen) atoms. The molecule has 1 heterocycles. The van der Waals surface area contributed by atoms with Crippen LogP contribution in [0.3, 0.4) is 0 Å².